The van der Waals surface area contributed by atoms with E-state index < -0.39 is 5.97 Å². The highest BCUT2D eigenvalue weighted by Gasteiger charge is 2.23. The number of hydrogen-bond donors (Lipinski definition) is 3. The molecular weight excluding hydrogens is 1010 g/mol. The predicted molar refractivity (Wildman–Crippen MR) is 358 cm³/mol. The average Bonchev–Trinajstić information content (AvgIpc) is 3.46. The van der Waals surface area contributed by atoms with E-state index in [9.17, 15) is 19.2 Å². The highest BCUT2D eigenvalue weighted by molar-refractivity contribution is 5.79. The SMILES string of the molecule is CCCCCCCCC(CCCCCCCCC(C)=O)C(CCCCCCCC)CCCCCCCCC(=O)NC(C)NC(=O)CCCCCCCCC(CCCCCCCC)C(CCCCCCCC)CCCCCCCCC(=O)O. The van der Waals surface area contributed by atoms with Crippen LogP contribution < -0.4 is 10.6 Å². The van der Waals surface area contributed by atoms with Crippen molar-refractivity contribution < 1.29 is 24.3 Å². The van der Waals surface area contributed by atoms with E-state index in [1.165, 1.54) is 315 Å². The first-order valence-corrected chi connectivity index (χ1v) is 37.4. The van der Waals surface area contributed by atoms with Gasteiger partial charge in [-0.1, -0.05) is 362 Å². The molecule has 5 unspecified atom stereocenters. The molecule has 0 fully saturated rings. The van der Waals surface area contributed by atoms with Gasteiger partial charge in [0, 0.05) is 25.7 Å². The third kappa shape index (κ3) is 57.2. The van der Waals surface area contributed by atoms with E-state index in [1.807, 2.05) is 6.92 Å². The monoisotopic (exact) mass is 1160 g/mol. The number of amides is 2. The molecule has 0 bridgehead atoms. The molecule has 0 aliphatic carbocycles. The van der Waals surface area contributed by atoms with Crippen LogP contribution in [-0.4, -0.2) is 34.8 Å². The van der Waals surface area contributed by atoms with E-state index in [2.05, 4.69) is 38.3 Å². The third-order valence-electron chi connectivity index (χ3n) is 18.8. The summed E-state index contributed by atoms with van der Waals surface area (Å²) >= 11 is 0. The topological polar surface area (TPSA) is 113 Å². The van der Waals surface area contributed by atoms with E-state index >= 15 is 0 Å². The molecule has 0 saturated heterocycles. The number of Topliss-reactive ketones (excluding diaryl/α,β-unsaturated/α-hetero) is 1. The number of carboxylic acid groups (broad SMARTS) is 1. The molecule has 0 spiro atoms. The smallest absolute Gasteiger partial charge is 0.303 e. The number of unbranched alkanes of at least 4 members (excludes halogenated alkanes) is 40. The number of hydrogen-bond acceptors (Lipinski definition) is 4. The van der Waals surface area contributed by atoms with Crippen molar-refractivity contribution in [2.75, 3.05) is 0 Å². The minimum Gasteiger partial charge on any atom is -0.481 e. The molecule has 0 aromatic heterocycles. The first-order valence-electron chi connectivity index (χ1n) is 37.4. The molecule has 0 aliphatic rings. The highest BCUT2D eigenvalue weighted by atomic mass is 16.4. The van der Waals surface area contributed by atoms with Crippen LogP contribution in [0, 0.1) is 23.7 Å². The average molecular weight is 1160 g/mol. The molecule has 486 valence electrons. The highest BCUT2D eigenvalue weighted by Crippen LogP contribution is 2.36. The van der Waals surface area contributed by atoms with Crippen LogP contribution in [0.25, 0.3) is 0 Å². The summed E-state index contributed by atoms with van der Waals surface area (Å²) in [7, 11) is 0. The van der Waals surface area contributed by atoms with Crippen LogP contribution in [0.15, 0.2) is 0 Å². The van der Waals surface area contributed by atoms with E-state index in [-0.39, 0.29) is 18.0 Å². The second-order valence-electron chi connectivity index (χ2n) is 26.9. The molecule has 0 radical (unpaired) electrons. The van der Waals surface area contributed by atoms with E-state index in [4.69, 9.17) is 5.11 Å². The van der Waals surface area contributed by atoms with Crippen molar-refractivity contribution in [3.8, 4) is 0 Å². The third-order valence-corrected chi connectivity index (χ3v) is 18.8. The summed E-state index contributed by atoms with van der Waals surface area (Å²) in [6.45, 7) is 12.9. The molecule has 2 amide bonds. The zero-order chi connectivity index (χ0) is 60.0. The standard InChI is InChI=1S/C75H146N2O5/c1-7-11-15-19-32-44-56-69(60-48-36-24-23-31-43-55-67(5)78)70(57-45-33-20-16-12-8-2)61-49-37-25-28-40-52-64-73(79)76-68(6)77-74(80)65-53-41-29-26-38-50-62-71(58-46-34-21-17-13-9-3)72(59-47-35-22-18-14-10-4)63-51-39-27-30-42-54-66-75(81)82/h68-72H,7-66H2,1-6H3,(H,76,79)(H,77,80)(H,81,82). The second-order valence-corrected chi connectivity index (χ2v) is 26.9. The molecular formula is C75H146N2O5. The Morgan fingerprint density at radius 1 is 0.268 bits per heavy atom. The number of aliphatic carboxylic acids is 1. The van der Waals surface area contributed by atoms with Gasteiger partial charge in [0.2, 0.25) is 11.8 Å². The van der Waals surface area contributed by atoms with Gasteiger partial charge < -0.3 is 20.5 Å². The summed E-state index contributed by atoms with van der Waals surface area (Å²) in [5.41, 5.74) is 0. The summed E-state index contributed by atoms with van der Waals surface area (Å²) in [4.78, 5) is 48.0. The quantitative estimate of drug-likeness (QED) is 0.0415. The van der Waals surface area contributed by atoms with Gasteiger partial charge in [0.1, 0.15) is 5.78 Å². The lowest BCUT2D eigenvalue weighted by Crippen LogP contribution is -2.45. The Labute approximate surface area is 512 Å². The largest absolute Gasteiger partial charge is 0.481 e. The minimum atomic E-state index is -0.661. The number of rotatable bonds is 68. The van der Waals surface area contributed by atoms with Crippen LogP contribution in [0.1, 0.15) is 427 Å². The molecule has 3 N–H and O–H groups in total. The molecule has 7 heteroatoms. The lowest BCUT2D eigenvalue weighted by molar-refractivity contribution is -0.137. The van der Waals surface area contributed by atoms with Crippen LogP contribution in [-0.2, 0) is 19.2 Å². The van der Waals surface area contributed by atoms with Crippen molar-refractivity contribution in [1.82, 2.24) is 10.6 Å². The molecule has 82 heavy (non-hydrogen) atoms. The van der Waals surface area contributed by atoms with Crippen LogP contribution >= 0.6 is 0 Å². The zero-order valence-corrected chi connectivity index (χ0v) is 56.4. The lowest BCUT2D eigenvalue weighted by Gasteiger charge is -2.28. The molecule has 7 nitrogen and oxygen atoms in total. The number of carboxylic acids is 1. The maximum absolute atomic E-state index is 12.9. The van der Waals surface area contributed by atoms with Crippen molar-refractivity contribution in [1.29, 1.82) is 0 Å². The van der Waals surface area contributed by atoms with Crippen molar-refractivity contribution in [3.63, 3.8) is 0 Å². The van der Waals surface area contributed by atoms with Gasteiger partial charge in [-0.3, -0.25) is 14.4 Å². The Hall–Kier alpha value is -1.92. The zero-order valence-electron chi connectivity index (χ0n) is 56.4. The second kappa shape index (κ2) is 63.6. The molecule has 0 aliphatic heterocycles. The summed E-state index contributed by atoms with van der Waals surface area (Å²) in [5.74, 6) is 3.26. The molecule has 0 aromatic rings. The van der Waals surface area contributed by atoms with Crippen molar-refractivity contribution in [2.24, 2.45) is 23.7 Å². The number of carbonyl (C=O) groups is 4. The van der Waals surface area contributed by atoms with Gasteiger partial charge in [-0.2, -0.15) is 0 Å². The Bertz CT molecular complexity index is 1270. The lowest BCUT2D eigenvalue weighted by atomic mass is 9.78. The molecule has 0 saturated carbocycles. The maximum Gasteiger partial charge on any atom is 0.303 e. The number of carbonyl (C=O) groups excluding carboxylic acids is 3. The molecule has 5 atom stereocenters. The Morgan fingerprint density at radius 3 is 0.659 bits per heavy atom. The minimum absolute atomic E-state index is 0.0523. The summed E-state index contributed by atoms with van der Waals surface area (Å²) in [6, 6.07) is 0. The van der Waals surface area contributed by atoms with Crippen LogP contribution in [0.4, 0.5) is 0 Å². The van der Waals surface area contributed by atoms with Crippen molar-refractivity contribution >= 4 is 23.6 Å². The first kappa shape index (κ1) is 80.1. The Balaban J connectivity index is 4.80. The van der Waals surface area contributed by atoms with Gasteiger partial charge >= 0.3 is 5.97 Å². The first-order chi connectivity index (χ1) is 40.1. The Kier molecular flexibility index (Phi) is 62.1. The fourth-order valence-electron chi connectivity index (χ4n) is 13.5. The van der Waals surface area contributed by atoms with Gasteiger partial charge in [-0.05, 0) is 63.2 Å². The van der Waals surface area contributed by atoms with Gasteiger partial charge in [-0.15, -0.1) is 0 Å². The van der Waals surface area contributed by atoms with E-state index in [1.54, 1.807) is 6.92 Å². The molecule has 0 aromatic carbocycles. The van der Waals surface area contributed by atoms with Crippen molar-refractivity contribution in [2.45, 2.75) is 433 Å². The molecule has 0 heterocycles. The van der Waals surface area contributed by atoms with E-state index in [0.29, 0.717) is 25.0 Å². The van der Waals surface area contributed by atoms with Gasteiger partial charge in [0.15, 0.2) is 0 Å². The Morgan fingerprint density at radius 2 is 0.451 bits per heavy atom. The van der Waals surface area contributed by atoms with Crippen LogP contribution in [0.5, 0.6) is 0 Å². The van der Waals surface area contributed by atoms with Crippen LogP contribution in [0.2, 0.25) is 0 Å². The van der Waals surface area contributed by atoms with E-state index in [0.717, 1.165) is 75.0 Å². The summed E-state index contributed by atoms with van der Waals surface area (Å²) in [6.07, 6.45) is 75.1. The summed E-state index contributed by atoms with van der Waals surface area (Å²) in [5, 5.41) is 15.1. The van der Waals surface area contributed by atoms with Gasteiger partial charge in [0.25, 0.3) is 0 Å². The fraction of sp³-hybridized carbons (Fsp3) is 0.947. The van der Waals surface area contributed by atoms with Crippen LogP contribution in [0.3, 0.4) is 0 Å². The van der Waals surface area contributed by atoms with Crippen molar-refractivity contribution in [3.05, 3.63) is 0 Å². The normalized spacial score (nSPS) is 13.5. The summed E-state index contributed by atoms with van der Waals surface area (Å²) < 4.78 is 0. The fourth-order valence-corrected chi connectivity index (χ4v) is 13.5. The van der Waals surface area contributed by atoms with Gasteiger partial charge in [0.05, 0.1) is 6.17 Å². The number of ketones is 1. The molecule has 0 rings (SSSR count). The predicted octanol–water partition coefficient (Wildman–Crippen LogP) is 24.2. The number of nitrogens with one attached hydrogen (secondary N) is 2. The van der Waals surface area contributed by atoms with Gasteiger partial charge in [-0.25, -0.2) is 0 Å². The maximum atomic E-state index is 12.9.